The van der Waals surface area contributed by atoms with E-state index >= 15 is 0 Å². The summed E-state index contributed by atoms with van der Waals surface area (Å²) in [6.45, 7) is 4.29. The first-order valence-corrected chi connectivity index (χ1v) is 23.7. The van der Waals surface area contributed by atoms with E-state index in [1.165, 1.54) is 54.9 Å². The third-order valence-electron chi connectivity index (χ3n) is 13.6. The zero-order valence-corrected chi connectivity index (χ0v) is 38.6. The number of benzene rings is 9. The average molecular weight is 897 g/mol. The molecule has 4 heterocycles. The Bertz CT molecular complexity index is 4090. The Labute approximate surface area is 405 Å². The van der Waals surface area contributed by atoms with Crippen molar-refractivity contribution in [2.45, 2.75) is 13.8 Å². The predicted molar refractivity (Wildman–Crippen MR) is 288 cm³/mol. The van der Waals surface area contributed by atoms with Gasteiger partial charge in [0.05, 0.1) is 27.8 Å². The van der Waals surface area contributed by atoms with Crippen LogP contribution in [0.25, 0.3) is 123 Å². The number of hydrogen-bond donors (Lipinski definition) is 0. The minimum atomic E-state index is 0.569. The van der Waals surface area contributed by atoms with Crippen molar-refractivity contribution in [3.8, 4) is 78.9 Å². The lowest BCUT2D eigenvalue weighted by Crippen LogP contribution is -2.04. The Morgan fingerprint density at radius 2 is 0.800 bits per heavy atom. The van der Waals surface area contributed by atoms with Gasteiger partial charge in [0, 0.05) is 61.9 Å². The van der Waals surface area contributed by atoms with Gasteiger partial charge in [-0.15, -0.1) is 0 Å². The van der Waals surface area contributed by atoms with Crippen molar-refractivity contribution < 1.29 is 0 Å². The van der Waals surface area contributed by atoms with E-state index in [2.05, 4.69) is 205 Å². The van der Waals surface area contributed by atoms with E-state index in [0.29, 0.717) is 17.5 Å². The molecule has 0 amide bonds. The SMILES string of the molecule is Cc1cccc(-c2ccc3c(c2)c2ccccc2n3-c2ccc(-c3nc(-c4ccccc4)nc(-c4ccccc4)n3)c(-c3cnccc3-n3c4ccccc4c4cc(-c5cccc(C)c5)ccc43)c2)c1. The van der Waals surface area contributed by atoms with Gasteiger partial charge in [-0.1, -0.05) is 169 Å². The normalized spacial score (nSPS) is 11.6. The van der Waals surface area contributed by atoms with E-state index in [1.54, 1.807) is 0 Å². The van der Waals surface area contributed by atoms with Gasteiger partial charge in [-0.3, -0.25) is 4.98 Å². The largest absolute Gasteiger partial charge is 0.309 e. The minimum absolute atomic E-state index is 0.569. The maximum absolute atomic E-state index is 5.30. The fraction of sp³-hybridized carbons (Fsp3) is 0.0312. The third-order valence-corrected chi connectivity index (χ3v) is 13.6. The summed E-state index contributed by atoms with van der Waals surface area (Å²) in [6.07, 6.45) is 3.89. The topological polar surface area (TPSA) is 61.4 Å². The van der Waals surface area contributed by atoms with Crippen LogP contribution in [0, 0.1) is 13.8 Å². The molecular weight excluding hydrogens is 853 g/mol. The molecule has 4 aromatic heterocycles. The summed E-state index contributed by atoms with van der Waals surface area (Å²) in [5, 5.41) is 4.73. The summed E-state index contributed by atoms with van der Waals surface area (Å²) in [5.41, 5.74) is 18.2. The van der Waals surface area contributed by atoms with Crippen molar-refractivity contribution in [3.05, 3.63) is 242 Å². The van der Waals surface area contributed by atoms with Gasteiger partial charge in [-0.2, -0.15) is 0 Å². The molecule has 0 fully saturated rings. The molecule has 0 radical (unpaired) electrons. The van der Waals surface area contributed by atoms with Crippen LogP contribution >= 0.6 is 0 Å². The number of hydrogen-bond acceptors (Lipinski definition) is 4. The molecular formula is C64H44N6. The standard InChI is InChI=1S/C64H44N6/c1-41-15-13-21-45(35-41)47-27-31-59-54(37-47)50-23-9-11-25-57(50)69(59)49-29-30-52(64-67-62(43-17-5-3-6-18-43)66-63(68-64)44-19-7-4-8-20-44)53(39-49)56-40-65-34-33-61(56)70-58-26-12-10-24-51(58)55-38-48(28-32-60(55)70)46-22-14-16-42(2)36-46/h3-40H,1-2H3. The Morgan fingerprint density at radius 1 is 0.314 bits per heavy atom. The van der Waals surface area contributed by atoms with Crippen molar-refractivity contribution >= 4 is 43.6 Å². The summed E-state index contributed by atoms with van der Waals surface area (Å²) in [4.78, 5) is 20.6. The third kappa shape index (κ3) is 7.04. The van der Waals surface area contributed by atoms with Gasteiger partial charge in [0.2, 0.25) is 0 Å². The number of aryl methyl sites for hydroxylation is 2. The molecule has 6 nitrogen and oxygen atoms in total. The number of para-hydroxylation sites is 2. The van der Waals surface area contributed by atoms with Crippen molar-refractivity contribution in [2.24, 2.45) is 0 Å². The van der Waals surface area contributed by atoms with Crippen LogP contribution < -0.4 is 0 Å². The summed E-state index contributed by atoms with van der Waals surface area (Å²) >= 11 is 0. The Morgan fingerprint density at radius 3 is 1.39 bits per heavy atom. The second-order valence-corrected chi connectivity index (χ2v) is 18.1. The molecule has 0 atom stereocenters. The van der Waals surface area contributed by atoms with Crippen LogP contribution in [0.1, 0.15) is 11.1 Å². The number of rotatable bonds is 8. The highest BCUT2D eigenvalue weighted by Crippen LogP contribution is 2.43. The number of fused-ring (bicyclic) bond motifs is 6. The van der Waals surface area contributed by atoms with Crippen molar-refractivity contribution in [1.82, 2.24) is 29.1 Å². The fourth-order valence-corrected chi connectivity index (χ4v) is 10.3. The lowest BCUT2D eigenvalue weighted by molar-refractivity contribution is 1.07. The quantitative estimate of drug-likeness (QED) is 0.152. The molecule has 0 aliphatic rings. The molecule has 6 heteroatoms. The van der Waals surface area contributed by atoms with Gasteiger partial charge >= 0.3 is 0 Å². The van der Waals surface area contributed by atoms with E-state index in [9.17, 15) is 0 Å². The highest BCUT2D eigenvalue weighted by Gasteiger charge is 2.23. The molecule has 9 aromatic carbocycles. The van der Waals surface area contributed by atoms with Gasteiger partial charge in [-0.05, 0) is 102 Å². The maximum Gasteiger partial charge on any atom is 0.164 e. The second kappa shape index (κ2) is 16.8. The summed E-state index contributed by atoms with van der Waals surface area (Å²) < 4.78 is 4.78. The molecule has 0 N–H and O–H groups in total. The van der Waals surface area contributed by atoms with Crippen LogP contribution in [-0.2, 0) is 0 Å². The Balaban J connectivity index is 1.08. The van der Waals surface area contributed by atoms with Crippen LogP contribution in [0.4, 0.5) is 0 Å². The molecule has 13 rings (SSSR count). The molecule has 0 spiro atoms. The highest BCUT2D eigenvalue weighted by molar-refractivity contribution is 6.12. The van der Waals surface area contributed by atoms with Crippen LogP contribution in [0.2, 0.25) is 0 Å². The van der Waals surface area contributed by atoms with Crippen LogP contribution in [-0.4, -0.2) is 29.1 Å². The first kappa shape index (κ1) is 41.0. The van der Waals surface area contributed by atoms with E-state index in [0.717, 1.165) is 61.3 Å². The molecule has 0 saturated heterocycles. The lowest BCUT2D eigenvalue weighted by atomic mass is 9.97. The summed E-state index contributed by atoms with van der Waals surface area (Å²) in [5.74, 6) is 1.77. The van der Waals surface area contributed by atoms with E-state index < -0.39 is 0 Å². The predicted octanol–water partition coefficient (Wildman–Crippen LogP) is 16.1. The van der Waals surface area contributed by atoms with Crippen molar-refractivity contribution in [1.29, 1.82) is 0 Å². The number of nitrogens with zero attached hydrogens (tertiary/aromatic N) is 6. The van der Waals surface area contributed by atoms with Crippen molar-refractivity contribution in [3.63, 3.8) is 0 Å². The van der Waals surface area contributed by atoms with E-state index in [1.807, 2.05) is 48.8 Å². The Kier molecular flexibility index (Phi) is 9.84. The molecule has 13 aromatic rings. The molecule has 0 aliphatic carbocycles. The molecule has 70 heavy (non-hydrogen) atoms. The first-order valence-electron chi connectivity index (χ1n) is 23.7. The monoisotopic (exact) mass is 896 g/mol. The second-order valence-electron chi connectivity index (χ2n) is 18.1. The zero-order chi connectivity index (χ0) is 46.7. The Hall–Kier alpha value is -9.26. The fourth-order valence-electron chi connectivity index (χ4n) is 10.3. The van der Waals surface area contributed by atoms with Gasteiger partial charge in [-0.25, -0.2) is 15.0 Å². The van der Waals surface area contributed by atoms with Gasteiger partial charge in [0.15, 0.2) is 17.5 Å². The number of aromatic nitrogens is 6. The smallest absolute Gasteiger partial charge is 0.164 e. The van der Waals surface area contributed by atoms with Gasteiger partial charge in [0.25, 0.3) is 0 Å². The molecule has 0 unspecified atom stereocenters. The van der Waals surface area contributed by atoms with Gasteiger partial charge < -0.3 is 9.13 Å². The summed E-state index contributed by atoms with van der Waals surface area (Å²) in [7, 11) is 0. The first-order chi connectivity index (χ1) is 34.5. The molecule has 0 saturated carbocycles. The van der Waals surface area contributed by atoms with Crippen LogP contribution in [0.15, 0.2) is 231 Å². The number of pyridine rings is 1. The maximum atomic E-state index is 5.30. The van der Waals surface area contributed by atoms with Crippen molar-refractivity contribution in [2.75, 3.05) is 0 Å². The van der Waals surface area contributed by atoms with Crippen LogP contribution in [0.5, 0.6) is 0 Å². The minimum Gasteiger partial charge on any atom is -0.309 e. The van der Waals surface area contributed by atoms with Gasteiger partial charge in [0.1, 0.15) is 0 Å². The summed E-state index contributed by atoms with van der Waals surface area (Å²) in [6, 6.07) is 77.7. The average Bonchev–Trinajstić information content (AvgIpc) is 3.93. The highest BCUT2D eigenvalue weighted by atomic mass is 15.0. The van der Waals surface area contributed by atoms with E-state index in [-0.39, 0.29) is 0 Å². The van der Waals surface area contributed by atoms with E-state index in [4.69, 9.17) is 19.9 Å². The zero-order valence-electron chi connectivity index (χ0n) is 38.6. The molecule has 0 bridgehead atoms. The van der Waals surface area contributed by atoms with Crippen LogP contribution in [0.3, 0.4) is 0 Å². The molecule has 330 valence electrons. The molecule has 0 aliphatic heterocycles. The lowest BCUT2D eigenvalue weighted by Gasteiger charge is -2.18.